The van der Waals surface area contributed by atoms with Crippen molar-refractivity contribution < 1.29 is 17.5 Å². The van der Waals surface area contributed by atoms with Gasteiger partial charge in [-0.3, -0.25) is 0 Å². The molecule has 0 atom stereocenters. The van der Waals surface area contributed by atoms with Crippen LogP contribution < -0.4 is 13.9 Å². The number of methoxy groups -OCH3 is 1. The Labute approximate surface area is 205 Å². The molecule has 34 heavy (non-hydrogen) atoms. The van der Waals surface area contributed by atoms with Crippen molar-refractivity contribution in [3.05, 3.63) is 83.2 Å². The van der Waals surface area contributed by atoms with Crippen molar-refractivity contribution in [2.24, 2.45) is 0 Å². The zero-order valence-electron chi connectivity index (χ0n) is 19.1. The minimum absolute atomic E-state index is 0.0739. The Morgan fingerprint density at radius 3 is 2.26 bits per heavy atom. The normalized spacial score (nSPS) is 14.2. The zero-order chi connectivity index (χ0) is 24.3. The van der Waals surface area contributed by atoms with Gasteiger partial charge in [-0.2, -0.15) is 12.2 Å². The molecule has 0 aromatic heterocycles. The predicted octanol–water partition coefficient (Wildman–Crippen LogP) is 4.83. The Kier molecular flexibility index (Phi) is 7.30. The first-order valence-electron chi connectivity index (χ1n) is 11.0. The fourth-order valence-electron chi connectivity index (χ4n) is 3.93. The molecule has 4 rings (SSSR count). The Bertz CT molecular complexity index is 1250. The molecule has 0 saturated carbocycles. The van der Waals surface area contributed by atoms with Gasteiger partial charge in [-0.1, -0.05) is 12.1 Å². The van der Waals surface area contributed by atoms with Crippen LogP contribution in [0.4, 0.5) is 15.8 Å². The van der Waals surface area contributed by atoms with E-state index in [0.29, 0.717) is 18.0 Å². The second-order valence-corrected chi connectivity index (χ2v) is 10.6. The summed E-state index contributed by atoms with van der Waals surface area (Å²) in [5.74, 6) is 0.117. The van der Waals surface area contributed by atoms with E-state index in [1.54, 1.807) is 24.3 Å². The van der Waals surface area contributed by atoms with Crippen LogP contribution >= 0.6 is 11.8 Å². The van der Waals surface area contributed by atoms with Crippen molar-refractivity contribution in [2.45, 2.75) is 24.3 Å². The Balaban J connectivity index is 1.54. The number of ether oxygens (including phenoxy) is 1. The number of rotatable bonds is 7. The number of hydrogen-bond acceptors (Lipinski definition) is 5. The Morgan fingerprint density at radius 2 is 1.65 bits per heavy atom. The first-order valence-corrected chi connectivity index (χ1v) is 12.7. The molecule has 0 spiro atoms. The molecule has 3 aromatic carbocycles. The number of fused-ring (bicyclic) bond motifs is 1. The van der Waals surface area contributed by atoms with Crippen molar-refractivity contribution >= 4 is 33.2 Å². The highest BCUT2D eigenvalue weighted by atomic mass is 35.5. The van der Waals surface area contributed by atoms with E-state index >= 15 is 0 Å². The largest absolute Gasteiger partial charge is 0.494 e. The summed E-state index contributed by atoms with van der Waals surface area (Å²) in [5.41, 5.74) is 4.16. The van der Waals surface area contributed by atoms with E-state index < -0.39 is 10.0 Å². The maximum atomic E-state index is 13.3. The van der Waals surface area contributed by atoms with E-state index in [4.69, 9.17) is 16.5 Å². The summed E-state index contributed by atoms with van der Waals surface area (Å²) in [6.45, 7) is 2.28. The summed E-state index contributed by atoms with van der Waals surface area (Å²) in [7, 11) is -0.435. The van der Waals surface area contributed by atoms with Gasteiger partial charge in [0.25, 0.3) is 10.0 Å². The molecule has 0 unspecified atom stereocenters. The van der Waals surface area contributed by atoms with Crippen molar-refractivity contribution in [3.8, 4) is 5.75 Å². The van der Waals surface area contributed by atoms with Crippen LogP contribution in [0, 0.1) is 5.82 Å². The summed E-state index contributed by atoms with van der Waals surface area (Å²) in [5, 5.41) is 3.17. The molecule has 0 radical (unpaired) electrons. The summed E-state index contributed by atoms with van der Waals surface area (Å²) >= 11 is 6.43. The van der Waals surface area contributed by atoms with E-state index in [2.05, 4.69) is 17.3 Å². The van der Waals surface area contributed by atoms with Gasteiger partial charge >= 0.3 is 0 Å². The summed E-state index contributed by atoms with van der Waals surface area (Å²) in [4.78, 5) is 2.32. The molecule has 1 N–H and O–H groups in total. The second kappa shape index (κ2) is 10.2. The summed E-state index contributed by atoms with van der Waals surface area (Å²) in [6, 6.07) is 16.2. The van der Waals surface area contributed by atoms with E-state index in [-0.39, 0.29) is 10.7 Å². The van der Waals surface area contributed by atoms with Crippen LogP contribution in [0.2, 0.25) is 0 Å². The third-order valence-electron chi connectivity index (χ3n) is 5.99. The number of hydrogen-bond donors (Lipinski definition) is 1. The van der Waals surface area contributed by atoms with Gasteiger partial charge in [0.15, 0.2) is 0 Å². The molecule has 1 aliphatic rings. The predicted molar refractivity (Wildman–Crippen MR) is 134 cm³/mol. The monoisotopic (exact) mass is 503 g/mol. The van der Waals surface area contributed by atoms with E-state index in [9.17, 15) is 12.8 Å². The second-order valence-electron chi connectivity index (χ2n) is 8.32. The first kappa shape index (κ1) is 24.3. The maximum Gasteiger partial charge on any atom is 0.278 e. The molecule has 0 aliphatic carbocycles. The number of halogens is 2. The van der Waals surface area contributed by atoms with Crippen LogP contribution in [0.1, 0.15) is 16.7 Å². The molecule has 0 bridgehead atoms. The van der Waals surface area contributed by atoms with Crippen molar-refractivity contribution in [3.63, 3.8) is 0 Å². The van der Waals surface area contributed by atoms with Crippen LogP contribution in [0.25, 0.3) is 0 Å². The Morgan fingerprint density at radius 1 is 1.03 bits per heavy atom. The molecule has 3 aromatic rings. The van der Waals surface area contributed by atoms with Crippen LogP contribution in [-0.4, -0.2) is 40.6 Å². The third kappa shape index (κ3) is 5.29. The number of anilines is 2. The van der Waals surface area contributed by atoms with Gasteiger partial charge in [0.05, 0.1) is 12.0 Å². The smallest absolute Gasteiger partial charge is 0.278 e. The fourth-order valence-corrected chi connectivity index (χ4v) is 5.37. The van der Waals surface area contributed by atoms with E-state index in [1.165, 1.54) is 31.4 Å². The maximum absolute atomic E-state index is 13.3. The quantitative estimate of drug-likeness (QED) is 0.468. The van der Waals surface area contributed by atoms with Crippen molar-refractivity contribution in [1.82, 2.24) is 4.90 Å². The van der Waals surface area contributed by atoms with Gasteiger partial charge in [0, 0.05) is 37.1 Å². The number of likely N-dealkylation sites (N-methyl/N-ethyl adjacent to an activating group) is 1. The van der Waals surface area contributed by atoms with Gasteiger partial charge in [-0.25, -0.2) is 4.39 Å². The highest BCUT2D eigenvalue weighted by Crippen LogP contribution is 2.37. The summed E-state index contributed by atoms with van der Waals surface area (Å²) < 4.78 is 45.9. The van der Waals surface area contributed by atoms with Crippen LogP contribution in [0.3, 0.4) is 0 Å². The van der Waals surface area contributed by atoms with Gasteiger partial charge in [-0.15, -0.1) is 0 Å². The highest BCUT2D eigenvalue weighted by molar-refractivity contribution is 7.94. The van der Waals surface area contributed by atoms with Gasteiger partial charge < -0.3 is 15.0 Å². The molecule has 1 aliphatic heterocycles. The molecular weight excluding hydrogens is 477 g/mol. The lowest BCUT2D eigenvalue weighted by Gasteiger charge is -2.21. The SMILES string of the molecule is COc1cc2c(cc1N(Cl)S(=O)(=O)c1ccc(CNc3ccc(F)cc3)cc1)CCN(C)CC2. The molecule has 1 heterocycles. The Hall–Kier alpha value is -2.81. The lowest BCUT2D eigenvalue weighted by atomic mass is 10.0. The van der Waals surface area contributed by atoms with Gasteiger partial charge in [-0.05, 0) is 85.1 Å². The topological polar surface area (TPSA) is 61.9 Å². The van der Waals surface area contributed by atoms with E-state index in [1.807, 2.05) is 12.1 Å². The van der Waals surface area contributed by atoms with Crippen LogP contribution in [-0.2, 0) is 29.4 Å². The number of benzene rings is 3. The standard InChI is InChI=1S/C25H27ClFN3O3S/c1-29-13-11-19-15-24(25(33-2)16-20(19)12-14-29)30(26)34(31,32)23-9-3-18(4-10-23)17-28-22-7-5-21(27)6-8-22/h3-10,15-16,28H,11-14,17H2,1-2H3. The zero-order valence-corrected chi connectivity index (χ0v) is 20.7. The van der Waals surface area contributed by atoms with Crippen molar-refractivity contribution in [2.75, 3.05) is 36.4 Å². The molecule has 0 amide bonds. The molecular formula is C25H27ClFN3O3S. The van der Waals surface area contributed by atoms with Gasteiger partial charge in [0.1, 0.15) is 17.3 Å². The van der Waals surface area contributed by atoms with Crippen LogP contribution in [0.15, 0.2) is 65.6 Å². The van der Waals surface area contributed by atoms with Crippen molar-refractivity contribution in [1.29, 1.82) is 0 Å². The van der Waals surface area contributed by atoms with Gasteiger partial charge in [0.2, 0.25) is 0 Å². The minimum atomic E-state index is -4.01. The average molecular weight is 504 g/mol. The highest BCUT2D eigenvalue weighted by Gasteiger charge is 2.28. The first-order chi connectivity index (χ1) is 16.3. The number of nitrogens with zero attached hydrogens (tertiary/aromatic N) is 2. The minimum Gasteiger partial charge on any atom is -0.494 e. The lowest BCUT2D eigenvalue weighted by Crippen LogP contribution is -2.22. The number of sulfonamides is 1. The third-order valence-corrected chi connectivity index (χ3v) is 8.20. The average Bonchev–Trinajstić information content (AvgIpc) is 3.03. The fraction of sp³-hybridized carbons (Fsp3) is 0.280. The molecule has 180 valence electrons. The molecule has 6 nitrogen and oxygen atoms in total. The van der Waals surface area contributed by atoms with Crippen LogP contribution in [0.5, 0.6) is 5.75 Å². The summed E-state index contributed by atoms with van der Waals surface area (Å²) in [6.07, 6.45) is 1.67. The molecule has 0 fully saturated rings. The lowest BCUT2D eigenvalue weighted by molar-refractivity contribution is 0.352. The molecule has 9 heteroatoms. The van der Waals surface area contributed by atoms with E-state index in [0.717, 1.165) is 52.1 Å². The number of nitrogens with one attached hydrogen (secondary N) is 1. The molecule has 0 saturated heterocycles.